The van der Waals surface area contributed by atoms with Gasteiger partial charge in [-0.15, -0.1) is 6.42 Å². The Hall–Kier alpha value is -0.970. The van der Waals surface area contributed by atoms with Crippen LogP contribution in [0.2, 0.25) is 0 Å². The maximum Gasteiger partial charge on any atom is 0.324 e. The molecule has 68 valence electrons. The second kappa shape index (κ2) is 3.18. The molecule has 0 aliphatic rings. The molecule has 0 amide bonds. The third-order valence-corrected chi connectivity index (χ3v) is 1.27. The summed E-state index contributed by atoms with van der Waals surface area (Å²) in [6.07, 6.45) is 5.18. The van der Waals surface area contributed by atoms with Gasteiger partial charge in [0.15, 0.2) is 0 Å². The van der Waals surface area contributed by atoms with Crippen molar-refractivity contribution < 1.29 is 9.53 Å². The van der Waals surface area contributed by atoms with Crippen LogP contribution in [0.5, 0.6) is 0 Å². The molecule has 12 heavy (non-hydrogen) atoms. The van der Waals surface area contributed by atoms with Gasteiger partial charge in [0.1, 0.15) is 11.0 Å². The molecule has 2 nitrogen and oxygen atoms in total. The zero-order chi connectivity index (χ0) is 9.99. The van der Waals surface area contributed by atoms with Crippen molar-refractivity contribution in [2.24, 2.45) is 5.41 Å². The topological polar surface area (TPSA) is 26.3 Å². The molecule has 0 atom stereocenters. The van der Waals surface area contributed by atoms with E-state index in [0.717, 1.165) is 0 Å². The molecule has 0 heterocycles. The average molecular weight is 168 g/mol. The van der Waals surface area contributed by atoms with Crippen molar-refractivity contribution >= 4 is 5.97 Å². The summed E-state index contributed by atoms with van der Waals surface area (Å²) in [6.45, 7) is 8.79. The minimum Gasteiger partial charge on any atom is -0.459 e. The number of carbonyl (C=O) groups excluding carboxylic acids is 1. The molecule has 0 aromatic heterocycles. The second-order valence-corrected chi connectivity index (χ2v) is 4.27. The van der Waals surface area contributed by atoms with Gasteiger partial charge in [0, 0.05) is 0 Å². The molecule has 0 radical (unpaired) electrons. The Morgan fingerprint density at radius 2 is 1.67 bits per heavy atom. The zero-order valence-corrected chi connectivity index (χ0v) is 8.39. The SMILES string of the molecule is C#CC(C)(C)C(=O)OC(C)(C)C. The smallest absolute Gasteiger partial charge is 0.324 e. The van der Waals surface area contributed by atoms with Crippen LogP contribution in [-0.2, 0) is 9.53 Å². The Bertz CT molecular complexity index is 213. The summed E-state index contributed by atoms with van der Waals surface area (Å²) in [6, 6.07) is 0. The highest BCUT2D eigenvalue weighted by Gasteiger charge is 2.30. The molecule has 2 heteroatoms. The standard InChI is InChI=1S/C10H16O2/c1-7-10(5,6)8(11)12-9(2,3)4/h1H,2-6H3. The lowest BCUT2D eigenvalue weighted by Gasteiger charge is -2.24. The largest absolute Gasteiger partial charge is 0.459 e. The highest BCUT2D eigenvalue weighted by atomic mass is 16.6. The summed E-state index contributed by atoms with van der Waals surface area (Å²) in [5, 5.41) is 0. The van der Waals surface area contributed by atoms with Gasteiger partial charge in [-0.1, -0.05) is 5.92 Å². The van der Waals surface area contributed by atoms with Crippen molar-refractivity contribution in [2.75, 3.05) is 0 Å². The predicted octanol–water partition coefficient (Wildman–Crippen LogP) is 1.99. The van der Waals surface area contributed by atoms with Crippen molar-refractivity contribution in [2.45, 2.75) is 40.2 Å². The van der Waals surface area contributed by atoms with Gasteiger partial charge in [-0.25, -0.2) is 0 Å². The molecule has 0 saturated heterocycles. The number of hydrogen-bond acceptors (Lipinski definition) is 2. The lowest BCUT2D eigenvalue weighted by Crippen LogP contribution is -2.32. The number of ether oxygens (including phenoxy) is 1. The lowest BCUT2D eigenvalue weighted by molar-refractivity contribution is -0.162. The molecule has 0 N–H and O–H groups in total. The van der Waals surface area contributed by atoms with Crippen LogP contribution in [0.25, 0.3) is 0 Å². The molecule has 0 bridgehead atoms. The summed E-state index contributed by atoms with van der Waals surface area (Å²) in [7, 11) is 0. The molecule has 0 rings (SSSR count). The monoisotopic (exact) mass is 168 g/mol. The van der Waals surface area contributed by atoms with E-state index < -0.39 is 11.0 Å². The van der Waals surface area contributed by atoms with Gasteiger partial charge >= 0.3 is 5.97 Å². The number of terminal acetylenes is 1. The predicted molar refractivity (Wildman–Crippen MR) is 48.5 cm³/mol. The molecule has 0 fully saturated rings. The van der Waals surface area contributed by atoms with Crippen LogP contribution in [0.1, 0.15) is 34.6 Å². The molecule has 0 unspecified atom stereocenters. The van der Waals surface area contributed by atoms with Crippen LogP contribution in [-0.4, -0.2) is 11.6 Å². The van der Waals surface area contributed by atoms with Gasteiger partial charge in [-0.05, 0) is 34.6 Å². The fraction of sp³-hybridized carbons (Fsp3) is 0.700. The highest BCUT2D eigenvalue weighted by Crippen LogP contribution is 2.19. The van der Waals surface area contributed by atoms with Gasteiger partial charge in [-0.3, -0.25) is 4.79 Å². The van der Waals surface area contributed by atoms with E-state index in [9.17, 15) is 4.79 Å². The fourth-order valence-corrected chi connectivity index (χ4v) is 0.465. The molecule has 0 spiro atoms. The van der Waals surface area contributed by atoms with E-state index in [1.54, 1.807) is 13.8 Å². The average Bonchev–Trinajstić information content (AvgIpc) is 1.84. The van der Waals surface area contributed by atoms with Crippen molar-refractivity contribution in [3.05, 3.63) is 0 Å². The summed E-state index contributed by atoms with van der Waals surface area (Å²) >= 11 is 0. The zero-order valence-electron chi connectivity index (χ0n) is 8.39. The second-order valence-electron chi connectivity index (χ2n) is 4.27. The molecule has 0 aliphatic heterocycles. The first-order chi connectivity index (χ1) is 5.19. The van der Waals surface area contributed by atoms with Crippen molar-refractivity contribution in [1.29, 1.82) is 0 Å². The number of rotatable bonds is 1. The number of esters is 1. The van der Waals surface area contributed by atoms with Gasteiger partial charge in [-0.2, -0.15) is 0 Å². The van der Waals surface area contributed by atoms with Crippen LogP contribution in [0.4, 0.5) is 0 Å². The van der Waals surface area contributed by atoms with E-state index in [0.29, 0.717) is 0 Å². The van der Waals surface area contributed by atoms with Crippen LogP contribution < -0.4 is 0 Å². The first-order valence-electron chi connectivity index (χ1n) is 3.90. The first-order valence-corrected chi connectivity index (χ1v) is 3.90. The van der Waals surface area contributed by atoms with E-state index in [1.807, 2.05) is 20.8 Å². The van der Waals surface area contributed by atoms with Crippen LogP contribution >= 0.6 is 0 Å². The van der Waals surface area contributed by atoms with E-state index in [-0.39, 0.29) is 5.97 Å². The Morgan fingerprint density at radius 1 is 1.25 bits per heavy atom. The molecular weight excluding hydrogens is 152 g/mol. The first kappa shape index (κ1) is 11.0. The molecular formula is C10H16O2. The number of carbonyl (C=O) groups is 1. The minimum absolute atomic E-state index is 0.350. The fourth-order valence-electron chi connectivity index (χ4n) is 0.465. The van der Waals surface area contributed by atoms with Gasteiger partial charge < -0.3 is 4.74 Å². The maximum atomic E-state index is 11.3. The Morgan fingerprint density at radius 3 is 1.92 bits per heavy atom. The summed E-state index contributed by atoms with van der Waals surface area (Å²) < 4.78 is 5.11. The third kappa shape index (κ3) is 3.43. The molecule has 0 saturated carbocycles. The maximum absolute atomic E-state index is 11.3. The minimum atomic E-state index is -0.826. The Kier molecular flexibility index (Phi) is 2.93. The lowest BCUT2D eigenvalue weighted by atomic mass is 9.95. The summed E-state index contributed by atoms with van der Waals surface area (Å²) in [5.41, 5.74) is -1.29. The normalized spacial score (nSPS) is 12.0. The van der Waals surface area contributed by atoms with Crippen LogP contribution in [0.15, 0.2) is 0 Å². The third-order valence-electron chi connectivity index (χ3n) is 1.27. The number of hydrogen-bond donors (Lipinski definition) is 0. The van der Waals surface area contributed by atoms with Crippen LogP contribution in [0.3, 0.4) is 0 Å². The Balaban J connectivity index is 4.37. The summed E-state index contributed by atoms with van der Waals surface area (Å²) in [5.74, 6) is 2.04. The van der Waals surface area contributed by atoms with E-state index in [1.165, 1.54) is 0 Å². The van der Waals surface area contributed by atoms with E-state index >= 15 is 0 Å². The van der Waals surface area contributed by atoms with Gasteiger partial charge in [0.2, 0.25) is 0 Å². The van der Waals surface area contributed by atoms with E-state index in [4.69, 9.17) is 11.2 Å². The van der Waals surface area contributed by atoms with Gasteiger partial charge in [0.05, 0.1) is 0 Å². The highest BCUT2D eigenvalue weighted by molar-refractivity contribution is 5.79. The van der Waals surface area contributed by atoms with Crippen molar-refractivity contribution in [1.82, 2.24) is 0 Å². The summed E-state index contributed by atoms with van der Waals surface area (Å²) in [4.78, 5) is 11.3. The Labute approximate surface area is 74.3 Å². The van der Waals surface area contributed by atoms with Crippen molar-refractivity contribution in [3.8, 4) is 12.3 Å². The molecule has 0 aromatic carbocycles. The quantitative estimate of drug-likeness (QED) is 0.442. The van der Waals surface area contributed by atoms with E-state index in [2.05, 4.69) is 5.92 Å². The van der Waals surface area contributed by atoms with Crippen molar-refractivity contribution in [3.63, 3.8) is 0 Å². The molecule has 0 aromatic rings. The van der Waals surface area contributed by atoms with Gasteiger partial charge in [0.25, 0.3) is 0 Å². The van der Waals surface area contributed by atoms with Crippen LogP contribution in [0, 0.1) is 17.8 Å². The molecule has 0 aliphatic carbocycles.